The third kappa shape index (κ3) is 2.89. The first-order valence-corrected chi connectivity index (χ1v) is 5.53. The molecule has 6 nitrogen and oxygen atoms in total. The van der Waals surface area contributed by atoms with Crippen LogP contribution in [0.15, 0.2) is 36.5 Å². The Balaban J connectivity index is 2.19. The number of nitrogen functional groups attached to an aromatic ring is 1. The van der Waals surface area contributed by atoms with Crippen molar-refractivity contribution in [2.45, 2.75) is 0 Å². The molecule has 0 aliphatic carbocycles. The Morgan fingerprint density at radius 3 is 2.55 bits per heavy atom. The minimum absolute atomic E-state index is 0.0143. The molecule has 0 bridgehead atoms. The standard InChI is InChI=1S/C13H10FN3O3/c14-8-2-4-11(16-6-8)12(18)17-10-3-1-7(13(19)20)5-9(10)15/h1-6H,15H2,(H,17,18)(H,19,20). The Bertz CT molecular complexity index is 671. The second kappa shape index (κ2) is 5.35. The van der Waals surface area contributed by atoms with Gasteiger partial charge in [-0.3, -0.25) is 4.79 Å². The van der Waals surface area contributed by atoms with E-state index in [0.29, 0.717) is 0 Å². The average molecular weight is 275 g/mol. The van der Waals surface area contributed by atoms with Crippen LogP contribution in [0.2, 0.25) is 0 Å². The van der Waals surface area contributed by atoms with Crippen molar-refractivity contribution >= 4 is 23.3 Å². The molecule has 0 radical (unpaired) electrons. The number of halogens is 1. The van der Waals surface area contributed by atoms with Gasteiger partial charge in [-0.2, -0.15) is 0 Å². The van der Waals surface area contributed by atoms with Crippen LogP contribution in [0.4, 0.5) is 15.8 Å². The summed E-state index contributed by atoms with van der Waals surface area (Å²) in [6.07, 6.45) is 0.922. The number of aromatic nitrogens is 1. The summed E-state index contributed by atoms with van der Waals surface area (Å²) >= 11 is 0. The molecule has 0 saturated carbocycles. The first kappa shape index (κ1) is 13.5. The first-order valence-electron chi connectivity index (χ1n) is 5.53. The van der Waals surface area contributed by atoms with E-state index >= 15 is 0 Å². The molecule has 0 unspecified atom stereocenters. The van der Waals surface area contributed by atoms with Crippen LogP contribution < -0.4 is 11.1 Å². The number of rotatable bonds is 3. The second-order valence-corrected chi connectivity index (χ2v) is 3.92. The molecule has 2 aromatic rings. The number of anilines is 2. The molecule has 0 atom stereocenters. The molecule has 1 aromatic carbocycles. The number of carboxylic acids is 1. The maximum Gasteiger partial charge on any atom is 0.335 e. The molecule has 1 aromatic heterocycles. The number of carboxylic acid groups (broad SMARTS) is 1. The maximum absolute atomic E-state index is 12.7. The van der Waals surface area contributed by atoms with Crippen molar-refractivity contribution in [3.05, 3.63) is 53.6 Å². The van der Waals surface area contributed by atoms with Crippen LogP contribution in [0, 0.1) is 5.82 Å². The lowest BCUT2D eigenvalue weighted by Crippen LogP contribution is -2.15. The topological polar surface area (TPSA) is 105 Å². The van der Waals surface area contributed by atoms with Gasteiger partial charge in [0.2, 0.25) is 0 Å². The fourth-order valence-electron chi connectivity index (χ4n) is 1.51. The van der Waals surface area contributed by atoms with Crippen LogP contribution >= 0.6 is 0 Å². The van der Waals surface area contributed by atoms with Gasteiger partial charge >= 0.3 is 5.97 Å². The number of nitrogens with two attached hydrogens (primary N) is 1. The van der Waals surface area contributed by atoms with Crippen molar-refractivity contribution in [3.8, 4) is 0 Å². The Hall–Kier alpha value is -2.96. The van der Waals surface area contributed by atoms with Crippen molar-refractivity contribution in [1.29, 1.82) is 0 Å². The molecule has 0 fully saturated rings. The van der Waals surface area contributed by atoms with E-state index in [2.05, 4.69) is 10.3 Å². The van der Waals surface area contributed by atoms with Crippen molar-refractivity contribution in [1.82, 2.24) is 4.98 Å². The molecule has 0 saturated heterocycles. The highest BCUT2D eigenvalue weighted by Gasteiger charge is 2.11. The highest BCUT2D eigenvalue weighted by atomic mass is 19.1. The van der Waals surface area contributed by atoms with E-state index in [1.807, 2.05) is 0 Å². The quantitative estimate of drug-likeness (QED) is 0.740. The van der Waals surface area contributed by atoms with Gasteiger partial charge < -0.3 is 16.2 Å². The van der Waals surface area contributed by atoms with Gasteiger partial charge in [-0.25, -0.2) is 14.2 Å². The molecule has 1 heterocycles. The van der Waals surface area contributed by atoms with Gasteiger partial charge in [0.1, 0.15) is 11.5 Å². The molecule has 4 N–H and O–H groups in total. The molecule has 102 valence electrons. The highest BCUT2D eigenvalue weighted by Crippen LogP contribution is 2.20. The van der Waals surface area contributed by atoms with Crippen molar-refractivity contribution < 1.29 is 19.1 Å². The summed E-state index contributed by atoms with van der Waals surface area (Å²) in [5.74, 6) is -2.23. The Morgan fingerprint density at radius 1 is 1.25 bits per heavy atom. The van der Waals surface area contributed by atoms with Crippen molar-refractivity contribution in [2.75, 3.05) is 11.1 Å². The number of nitrogens with one attached hydrogen (secondary N) is 1. The molecule has 20 heavy (non-hydrogen) atoms. The predicted octanol–water partition coefficient (Wildman–Crippen LogP) is 1.75. The van der Waals surface area contributed by atoms with E-state index < -0.39 is 17.7 Å². The molecular weight excluding hydrogens is 265 g/mol. The monoisotopic (exact) mass is 275 g/mol. The van der Waals surface area contributed by atoms with Crippen LogP contribution in [0.25, 0.3) is 0 Å². The number of benzene rings is 1. The molecular formula is C13H10FN3O3. The van der Waals surface area contributed by atoms with Crippen LogP contribution in [-0.2, 0) is 0 Å². The number of amides is 1. The summed E-state index contributed by atoms with van der Waals surface area (Å²) in [5.41, 5.74) is 6.05. The summed E-state index contributed by atoms with van der Waals surface area (Å²) in [4.78, 5) is 26.2. The van der Waals surface area contributed by atoms with Crippen LogP contribution in [-0.4, -0.2) is 22.0 Å². The molecule has 0 aliphatic rings. The zero-order chi connectivity index (χ0) is 14.7. The lowest BCUT2D eigenvalue weighted by atomic mass is 10.1. The van der Waals surface area contributed by atoms with Crippen LogP contribution in [0.5, 0.6) is 0 Å². The molecule has 7 heteroatoms. The summed E-state index contributed by atoms with van der Waals surface area (Å²) in [7, 11) is 0. The minimum Gasteiger partial charge on any atom is -0.478 e. The highest BCUT2D eigenvalue weighted by molar-refractivity contribution is 6.05. The number of nitrogens with zero attached hydrogens (tertiary/aromatic N) is 1. The largest absolute Gasteiger partial charge is 0.478 e. The first-order chi connectivity index (χ1) is 9.47. The van der Waals surface area contributed by atoms with E-state index in [9.17, 15) is 14.0 Å². The lowest BCUT2D eigenvalue weighted by molar-refractivity contribution is 0.0697. The molecule has 1 amide bonds. The number of hydrogen-bond donors (Lipinski definition) is 3. The lowest BCUT2D eigenvalue weighted by Gasteiger charge is -2.08. The van der Waals surface area contributed by atoms with E-state index in [1.165, 1.54) is 24.3 Å². The second-order valence-electron chi connectivity index (χ2n) is 3.92. The molecule has 0 aliphatic heterocycles. The van der Waals surface area contributed by atoms with E-state index in [-0.39, 0.29) is 22.6 Å². The summed E-state index contributed by atoms with van der Waals surface area (Å²) in [5, 5.41) is 11.3. The third-order valence-corrected chi connectivity index (χ3v) is 2.51. The van der Waals surface area contributed by atoms with Gasteiger partial charge in [0.25, 0.3) is 5.91 Å². The van der Waals surface area contributed by atoms with Gasteiger partial charge in [-0.05, 0) is 30.3 Å². The zero-order valence-corrected chi connectivity index (χ0v) is 10.1. The fraction of sp³-hybridized carbons (Fsp3) is 0. The number of aromatic carboxylic acids is 1. The van der Waals surface area contributed by atoms with Crippen molar-refractivity contribution in [2.24, 2.45) is 0 Å². The van der Waals surface area contributed by atoms with E-state index in [4.69, 9.17) is 10.8 Å². The Morgan fingerprint density at radius 2 is 2.00 bits per heavy atom. The molecule has 2 rings (SSSR count). The summed E-state index contributed by atoms with van der Waals surface area (Å²) in [6, 6.07) is 6.26. The minimum atomic E-state index is -1.12. The molecule has 0 spiro atoms. The number of carbonyl (C=O) groups excluding carboxylic acids is 1. The van der Waals surface area contributed by atoms with Gasteiger partial charge in [0.15, 0.2) is 0 Å². The third-order valence-electron chi connectivity index (χ3n) is 2.51. The Labute approximate surface area is 113 Å². The van der Waals surface area contributed by atoms with Crippen molar-refractivity contribution in [3.63, 3.8) is 0 Å². The van der Waals surface area contributed by atoms with Gasteiger partial charge in [-0.15, -0.1) is 0 Å². The van der Waals surface area contributed by atoms with Gasteiger partial charge in [0, 0.05) is 0 Å². The fourth-order valence-corrected chi connectivity index (χ4v) is 1.51. The number of carbonyl (C=O) groups is 2. The van der Waals surface area contributed by atoms with Crippen LogP contribution in [0.3, 0.4) is 0 Å². The maximum atomic E-state index is 12.7. The van der Waals surface area contributed by atoms with Gasteiger partial charge in [0.05, 0.1) is 23.1 Å². The number of hydrogen-bond acceptors (Lipinski definition) is 4. The van der Waals surface area contributed by atoms with E-state index in [1.54, 1.807) is 0 Å². The summed E-state index contributed by atoms with van der Waals surface area (Å²) < 4.78 is 12.7. The smallest absolute Gasteiger partial charge is 0.335 e. The number of pyridine rings is 1. The van der Waals surface area contributed by atoms with Crippen LogP contribution in [0.1, 0.15) is 20.8 Å². The normalized spacial score (nSPS) is 10.1. The zero-order valence-electron chi connectivity index (χ0n) is 10.1. The predicted molar refractivity (Wildman–Crippen MR) is 70.0 cm³/mol. The average Bonchev–Trinajstić information content (AvgIpc) is 2.41. The van der Waals surface area contributed by atoms with Gasteiger partial charge in [-0.1, -0.05) is 0 Å². The Kier molecular flexibility index (Phi) is 3.60. The summed E-state index contributed by atoms with van der Waals surface area (Å²) in [6.45, 7) is 0. The van der Waals surface area contributed by atoms with E-state index in [0.717, 1.165) is 12.3 Å². The SMILES string of the molecule is Nc1cc(C(=O)O)ccc1NC(=O)c1ccc(F)cn1.